The van der Waals surface area contributed by atoms with E-state index in [0.717, 1.165) is 27.6 Å². The van der Waals surface area contributed by atoms with Crippen molar-refractivity contribution in [1.29, 1.82) is 0 Å². The Morgan fingerprint density at radius 1 is 1.00 bits per heavy atom. The van der Waals surface area contributed by atoms with Crippen molar-refractivity contribution in [2.75, 3.05) is 11.9 Å². The number of para-hydroxylation sites is 1. The Hall–Kier alpha value is -3.21. The van der Waals surface area contributed by atoms with E-state index in [4.69, 9.17) is 4.74 Å². The van der Waals surface area contributed by atoms with Crippen LogP contribution in [0.3, 0.4) is 0 Å². The average molecular weight is 362 g/mol. The summed E-state index contributed by atoms with van der Waals surface area (Å²) in [4.78, 5) is 29.1. The summed E-state index contributed by atoms with van der Waals surface area (Å²) in [6, 6.07) is 13.3. The Morgan fingerprint density at radius 3 is 2.48 bits per heavy atom. The van der Waals surface area contributed by atoms with Crippen molar-refractivity contribution < 1.29 is 14.3 Å². The highest BCUT2D eigenvalue weighted by molar-refractivity contribution is 6.00. The number of hydrogen-bond acceptors (Lipinski definition) is 4. The summed E-state index contributed by atoms with van der Waals surface area (Å²) in [5.41, 5.74) is 5.54. The third kappa shape index (κ3) is 3.97. The van der Waals surface area contributed by atoms with Crippen LogP contribution < -0.4 is 5.32 Å². The molecule has 3 aromatic rings. The SMILES string of the molecule is Cc1ccc(NC(=O)COC(=O)c2c(C)nc3ccccc3c2C)cc1C. The summed E-state index contributed by atoms with van der Waals surface area (Å²) >= 11 is 0. The first-order valence-electron chi connectivity index (χ1n) is 8.77. The summed E-state index contributed by atoms with van der Waals surface area (Å²) in [5.74, 6) is -0.922. The fraction of sp³-hybridized carbons (Fsp3) is 0.227. The Labute approximate surface area is 158 Å². The third-order valence-electron chi connectivity index (χ3n) is 4.66. The van der Waals surface area contributed by atoms with Crippen LogP contribution in [0.2, 0.25) is 0 Å². The van der Waals surface area contributed by atoms with Crippen molar-refractivity contribution in [3.63, 3.8) is 0 Å². The van der Waals surface area contributed by atoms with Crippen LogP contribution in [0.15, 0.2) is 42.5 Å². The number of nitrogens with one attached hydrogen (secondary N) is 1. The largest absolute Gasteiger partial charge is 0.452 e. The Balaban J connectivity index is 1.71. The molecule has 3 rings (SSSR count). The first-order chi connectivity index (χ1) is 12.9. The van der Waals surface area contributed by atoms with E-state index in [1.165, 1.54) is 0 Å². The molecule has 1 amide bonds. The number of aryl methyl sites for hydroxylation is 4. The van der Waals surface area contributed by atoms with Crippen LogP contribution >= 0.6 is 0 Å². The van der Waals surface area contributed by atoms with Gasteiger partial charge in [0.2, 0.25) is 0 Å². The number of ether oxygens (including phenoxy) is 1. The molecule has 0 atom stereocenters. The topological polar surface area (TPSA) is 68.3 Å². The van der Waals surface area contributed by atoms with Gasteiger partial charge in [0.1, 0.15) is 0 Å². The van der Waals surface area contributed by atoms with E-state index in [2.05, 4.69) is 10.3 Å². The van der Waals surface area contributed by atoms with Gasteiger partial charge >= 0.3 is 5.97 Å². The van der Waals surface area contributed by atoms with Crippen molar-refractivity contribution in [3.05, 3.63) is 70.4 Å². The number of pyridine rings is 1. The maximum absolute atomic E-state index is 12.5. The molecular weight excluding hydrogens is 340 g/mol. The molecule has 0 bridgehead atoms. The molecule has 0 spiro atoms. The van der Waals surface area contributed by atoms with Crippen molar-refractivity contribution in [2.24, 2.45) is 0 Å². The van der Waals surface area contributed by atoms with Gasteiger partial charge in [-0.3, -0.25) is 9.78 Å². The lowest BCUT2D eigenvalue weighted by Crippen LogP contribution is -2.22. The number of esters is 1. The van der Waals surface area contributed by atoms with E-state index in [1.807, 2.05) is 63.2 Å². The minimum atomic E-state index is -0.543. The van der Waals surface area contributed by atoms with Gasteiger partial charge in [0.05, 0.1) is 16.8 Å². The van der Waals surface area contributed by atoms with Gasteiger partial charge in [-0.05, 0) is 62.6 Å². The number of hydrogen-bond donors (Lipinski definition) is 1. The first-order valence-corrected chi connectivity index (χ1v) is 8.77. The monoisotopic (exact) mass is 362 g/mol. The average Bonchev–Trinajstić information content (AvgIpc) is 2.63. The Kier molecular flexibility index (Phi) is 5.21. The first kappa shape index (κ1) is 18.6. The Bertz CT molecular complexity index is 1040. The number of anilines is 1. The number of carbonyl (C=O) groups is 2. The zero-order chi connectivity index (χ0) is 19.6. The highest BCUT2D eigenvalue weighted by atomic mass is 16.5. The number of fused-ring (bicyclic) bond motifs is 1. The number of amides is 1. The highest BCUT2D eigenvalue weighted by Crippen LogP contribution is 2.23. The maximum Gasteiger partial charge on any atom is 0.340 e. The lowest BCUT2D eigenvalue weighted by atomic mass is 10.0. The molecule has 1 N–H and O–H groups in total. The minimum Gasteiger partial charge on any atom is -0.452 e. The van der Waals surface area contributed by atoms with Gasteiger partial charge in [-0.1, -0.05) is 24.3 Å². The lowest BCUT2D eigenvalue weighted by Gasteiger charge is -2.12. The second-order valence-electron chi connectivity index (χ2n) is 6.64. The third-order valence-corrected chi connectivity index (χ3v) is 4.66. The maximum atomic E-state index is 12.5. The molecule has 0 aliphatic heterocycles. The molecule has 5 nitrogen and oxygen atoms in total. The van der Waals surface area contributed by atoms with E-state index in [0.29, 0.717) is 16.9 Å². The molecular formula is C22H22N2O3. The Morgan fingerprint density at radius 2 is 1.74 bits per heavy atom. The molecule has 27 heavy (non-hydrogen) atoms. The summed E-state index contributed by atoms with van der Waals surface area (Å²) in [5, 5.41) is 3.64. The fourth-order valence-electron chi connectivity index (χ4n) is 3.05. The number of benzene rings is 2. The van der Waals surface area contributed by atoms with E-state index < -0.39 is 5.97 Å². The molecule has 0 aliphatic rings. The molecule has 5 heteroatoms. The zero-order valence-corrected chi connectivity index (χ0v) is 15.9. The second kappa shape index (κ2) is 7.58. The van der Waals surface area contributed by atoms with Crippen molar-refractivity contribution in [2.45, 2.75) is 27.7 Å². The van der Waals surface area contributed by atoms with Gasteiger partial charge in [-0.25, -0.2) is 4.79 Å². The molecule has 2 aromatic carbocycles. The molecule has 0 radical (unpaired) electrons. The van der Waals surface area contributed by atoms with Crippen molar-refractivity contribution in [1.82, 2.24) is 4.98 Å². The van der Waals surface area contributed by atoms with Crippen LogP contribution in [0.4, 0.5) is 5.69 Å². The van der Waals surface area contributed by atoms with Gasteiger partial charge in [-0.15, -0.1) is 0 Å². The van der Waals surface area contributed by atoms with Crippen molar-refractivity contribution in [3.8, 4) is 0 Å². The van der Waals surface area contributed by atoms with E-state index >= 15 is 0 Å². The molecule has 1 aromatic heterocycles. The molecule has 1 heterocycles. The molecule has 0 fully saturated rings. The summed E-state index contributed by atoms with van der Waals surface area (Å²) in [6.07, 6.45) is 0. The molecule has 0 saturated carbocycles. The minimum absolute atomic E-state index is 0.350. The zero-order valence-electron chi connectivity index (χ0n) is 15.9. The number of nitrogens with zero attached hydrogens (tertiary/aromatic N) is 1. The van der Waals surface area contributed by atoms with E-state index in [-0.39, 0.29) is 12.5 Å². The van der Waals surface area contributed by atoms with Gasteiger partial charge in [0.15, 0.2) is 6.61 Å². The number of carbonyl (C=O) groups excluding carboxylic acids is 2. The summed E-state index contributed by atoms with van der Waals surface area (Å²) in [6.45, 7) is 7.26. The van der Waals surface area contributed by atoms with Crippen molar-refractivity contribution >= 4 is 28.5 Å². The van der Waals surface area contributed by atoms with Crippen LogP contribution in [0.25, 0.3) is 10.9 Å². The quantitative estimate of drug-likeness (QED) is 0.704. The molecule has 0 unspecified atom stereocenters. The van der Waals surface area contributed by atoms with Crippen LogP contribution in [0.5, 0.6) is 0 Å². The highest BCUT2D eigenvalue weighted by Gasteiger charge is 2.18. The van der Waals surface area contributed by atoms with Gasteiger partial charge in [-0.2, -0.15) is 0 Å². The van der Waals surface area contributed by atoms with Gasteiger partial charge in [0.25, 0.3) is 5.91 Å². The molecule has 138 valence electrons. The van der Waals surface area contributed by atoms with Crippen LogP contribution in [0.1, 0.15) is 32.7 Å². The summed E-state index contributed by atoms with van der Waals surface area (Å²) in [7, 11) is 0. The normalized spacial score (nSPS) is 10.7. The molecule has 0 saturated heterocycles. The fourth-order valence-corrected chi connectivity index (χ4v) is 3.05. The van der Waals surface area contributed by atoms with Gasteiger partial charge in [0, 0.05) is 11.1 Å². The predicted octanol–water partition coefficient (Wildman–Crippen LogP) is 4.26. The molecule has 0 aliphatic carbocycles. The number of rotatable bonds is 4. The van der Waals surface area contributed by atoms with Crippen LogP contribution in [0, 0.1) is 27.7 Å². The smallest absolute Gasteiger partial charge is 0.340 e. The lowest BCUT2D eigenvalue weighted by molar-refractivity contribution is -0.119. The van der Waals surface area contributed by atoms with E-state index in [9.17, 15) is 9.59 Å². The van der Waals surface area contributed by atoms with Crippen LogP contribution in [-0.4, -0.2) is 23.5 Å². The second-order valence-corrected chi connectivity index (χ2v) is 6.64. The van der Waals surface area contributed by atoms with Gasteiger partial charge < -0.3 is 10.1 Å². The summed E-state index contributed by atoms with van der Waals surface area (Å²) < 4.78 is 5.24. The van der Waals surface area contributed by atoms with E-state index in [1.54, 1.807) is 6.92 Å². The predicted molar refractivity (Wildman–Crippen MR) is 106 cm³/mol. The number of aromatic nitrogens is 1. The standard InChI is InChI=1S/C22H22N2O3/c1-13-9-10-17(11-14(13)2)24-20(25)12-27-22(26)21-15(3)18-7-5-6-8-19(18)23-16(21)4/h5-11H,12H2,1-4H3,(H,24,25). The van der Waals surface area contributed by atoms with Crippen LogP contribution in [-0.2, 0) is 9.53 Å².